The minimum Gasteiger partial charge on any atom is -0.324 e. The predicted molar refractivity (Wildman–Crippen MR) is 120 cm³/mol. The summed E-state index contributed by atoms with van der Waals surface area (Å²) in [6, 6.07) is 20.7. The van der Waals surface area contributed by atoms with E-state index in [2.05, 4.69) is 15.4 Å². The van der Waals surface area contributed by atoms with Crippen LogP contribution in [0.4, 0.5) is 5.69 Å². The largest absolute Gasteiger partial charge is 0.324 e. The molecule has 0 atom stereocenters. The van der Waals surface area contributed by atoms with Crippen LogP contribution in [0.1, 0.15) is 11.3 Å². The van der Waals surface area contributed by atoms with Crippen molar-refractivity contribution < 1.29 is 4.79 Å². The normalized spacial score (nSPS) is 10.8. The Morgan fingerprint density at radius 1 is 1.03 bits per heavy atom. The monoisotopic (exact) mass is 416 g/mol. The highest BCUT2D eigenvalue weighted by atomic mass is 32.2. The molecule has 0 aliphatic heterocycles. The predicted octanol–water partition coefficient (Wildman–Crippen LogP) is 4.03. The van der Waals surface area contributed by atoms with E-state index < -0.39 is 0 Å². The lowest BCUT2D eigenvalue weighted by atomic mass is 10.1. The van der Waals surface area contributed by atoms with Gasteiger partial charge in [-0.25, -0.2) is 9.67 Å². The van der Waals surface area contributed by atoms with Gasteiger partial charge >= 0.3 is 0 Å². The molecule has 0 aliphatic rings. The Kier molecular flexibility index (Phi) is 5.90. The Hall–Kier alpha value is -3.45. The van der Waals surface area contributed by atoms with E-state index in [1.807, 2.05) is 67.6 Å². The maximum atomic E-state index is 12.7. The zero-order valence-corrected chi connectivity index (χ0v) is 17.2. The number of aromatic nitrogens is 3. The first-order valence-corrected chi connectivity index (χ1v) is 10.5. The minimum atomic E-state index is -0.297. The van der Waals surface area contributed by atoms with Gasteiger partial charge in [-0.2, -0.15) is 5.10 Å². The molecule has 4 rings (SSSR count). The first-order chi connectivity index (χ1) is 14.6. The van der Waals surface area contributed by atoms with Crippen LogP contribution in [-0.2, 0) is 17.1 Å². The summed E-state index contributed by atoms with van der Waals surface area (Å²) in [5.41, 5.74) is 2.20. The van der Waals surface area contributed by atoms with Gasteiger partial charge in [0.1, 0.15) is 6.54 Å². The van der Waals surface area contributed by atoms with Gasteiger partial charge in [-0.1, -0.05) is 36.4 Å². The third-order valence-electron chi connectivity index (χ3n) is 4.58. The van der Waals surface area contributed by atoms with Crippen molar-refractivity contribution in [3.63, 3.8) is 0 Å². The van der Waals surface area contributed by atoms with Crippen molar-refractivity contribution in [1.82, 2.24) is 14.8 Å². The molecule has 0 fully saturated rings. The fraction of sp³-hybridized carbons (Fsp3) is 0.130. The van der Waals surface area contributed by atoms with Gasteiger partial charge in [-0.15, -0.1) is 11.8 Å². The Balaban J connectivity index is 1.45. The van der Waals surface area contributed by atoms with E-state index in [0.29, 0.717) is 16.8 Å². The highest BCUT2D eigenvalue weighted by Gasteiger charge is 2.11. The summed E-state index contributed by atoms with van der Waals surface area (Å²) >= 11 is 1.63. The first-order valence-electron chi connectivity index (χ1n) is 9.49. The molecule has 2 aromatic heterocycles. The molecular weight excluding hydrogens is 396 g/mol. The van der Waals surface area contributed by atoms with Crippen LogP contribution in [0.15, 0.2) is 82.7 Å². The number of benzene rings is 2. The van der Waals surface area contributed by atoms with E-state index in [9.17, 15) is 9.59 Å². The van der Waals surface area contributed by atoms with Gasteiger partial charge in [-0.3, -0.25) is 9.59 Å². The van der Waals surface area contributed by atoms with Gasteiger partial charge in [0.2, 0.25) is 5.91 Å². The molecule has 0 unspecified atom stereocenters. The van der Waals surface area contributed by atoms with Gasteiger partial charge in [0.15, 0.2) is 0 Å². The van der Waals surface area contributed by atoms with Gasteiger partial charge in [-0.05, 0) is 42.8 Å². The number of nitrogens with one attached hydrogen (secondary N) is 1. The Labute approximate surface area is 178 Å². The van der Waals surface area contributed by atoms with Gasteiger partial charge in [0.25, 0.3) is 5.56 Å². The number of fused-ring (bicyclic) bond motifs is 1. The van der Waals surface area contributed by atoms with Crippen LogP contribution in [0.2, 0.25) is 0 Å². The second-order valence-corrected chi connectivity index (χ2v) is 7.79. The molecule has 150 valence electrons. The van der Waals surface area contributed by atoms with Crippen LogP contribution in [0, 0.1) is 6.92 Å². The van der Waals surface area contributed by atoms with Crippen LogP contribution in [0.3, 0.4) is 0 Å². The number of thioether (sulfide) groups is 1. The third-order valence-corrected chi connectivity index (χ3v) is 5.60. The molecule has 0 saturated heterocycles. The van der Waals surface area contributed by atoms with E-state index in [1.165, 1.54) is 4.68 Å². The fourth-order valence-electron chi connectivity index (χ4n) is 3.18. The molecule has 4 aromatic rings. The molecule has 0 radical (unpaired) electrons. The van der Waals surface area contributed by atoms with Gasteiger partial charge in [0.05, 0.1) is 16.1 Å². The second-order valence-electron chi connectivity index (χ2n) is 6.80. The third kappa shape index (κ3) is 4.58. The molecule has 2 heterocycles. The van der Waals surface area contributed by atoms with Crippen LogP contribution < -0.4 is 10.9 Å². The quantitative estimate of drug-likeness (QED) is 0.480. The molecule has 1 N–H and O–H groups in total. The van der Waals surface area contributed by atoms with E-state index >= 15 is 0 Å². The highest BCUT2D eigenvalue weighted by molar-refractivity contribution is 7.98. The van der Waals surface area contributed by atoms with Crippen LogP contribution in [0.5, 0.6) is 0 Å². The fourth-order valence-corrected chi connectivity index (χ4v) is 3.98. The van der Waals surface area contributed by atoms with Crippen molar-refractivity contribution in [3.05, 3.63) is 94.5 Å². The average molecular weight is 417 g/mol. The van der Waals surface area contributed by atoms with Crippen molar-refractivity contribution in [1.29, 1.82) is 0 Å². The number of aryl methyl sites for hydroxylation is 1. The number of amides is 1. The van der Waals surface area contributed by atoms with Crippen molar-refractivity contribution in [2.45, 2.75) is 24.2 Å². The maximum absolute atomic E-state index is 12.7. The molecule has 7 heteroatoms. The SMILES string of the molecule is Cc1nn(CC(=O)Nc2cccc(CSc3ccccn3)c2)c(=O)c2ccccc12. The molecule has 1 amide bonds. The van der Waals surface area contributed by atoms with Crippen molar-refractivity contribution in [2.24, 2.45) is 0 Å². The summed E-state index contributed by atoms with van der Waals surface area (Å²) in [5, 5.41) is 9.47. The zero-order chi connectivity index (χ0) is 20.9. The standard InChI is InChI=1S/C23H20N4O2S/c1-16-19-9-2-3-10-20(19)23(29)27(26-16)14-21(28)25-18-8-6-7-17(13-18)15-30-22-11-4-5-12-24-22/h2-13H,14-15H2,1H3,(H,25,28). The first kappa shape index (κ1) is 19.8. The number of rotatable bonds is 6. The molecule has 6 nitrogen and oxygen atoms in total. The molecule has 30 heavy (non-hydrogen) atoms. The van der Waals surface area contributed by atoms with Crippen molar-refractivity contribution >= 4 is 34.1 Å². The van der Waals surface area contributed by atoms with E-state index in [4.69, 9.17) is 0 Å². The van der Waals surface area contributed by atoms with Gasteiger partial charge < -0.3 is 5.32 Å². The van der Waals surface area contributed by atoms with E-state index in [0.717, 1.165) is 21.7 Å². The van der Waals surface area contributed by atoms with Crippen molar-refractivity contribution in [3.8, 4) is 0 Å². The summed E-state index contributed by atoms with van der Waals surface area (Å²) in [5.74, 6) is 0.444. The second kappa shape index (κ2) is 8.92. The van der Waals surface area contributed by atoms with Gasteiger partial charge in [0, 0.05) is 23.0 Å². The van der Waals surface area contributed by atoms with Crippen molar-refractivity contribution in [2.75, 3.05) is 5.32 Å². The summed E-state index contributed by atoms with van der Waals surface area (Å²) in [6.07, 6.45) is 1.77. The lowest BCUT2D eigenvalue weighted by Crippen LogP contribution is -2.30. The van der Waals surface area contributed by atoms with E-state index in [-0.39, 0.29) is 18.0 Å². The minimum absolute atomic E-state index is 0.141. The number of nitrogens with zero attached hydrogens (tertiary/aromatic N) is 3. The summed E-state index contributed by atoms with van der Waals surface area (Å²) < 4.78 is 1.22. The number of hydrogen-bond donors (Lipinski definition) is 1. The number of carbonyl (C=O) groups excluding carboxylic acids is 1. The zero-order valence-electron chi connectivity index (χ0n) is 16.4. The van der Waals surface area contributed by atoms with E-state index in [1.54, 1.807) is 24.0 Å². The smallest absolute Gasteiger partial charge is 0.275 e. The molecular formula is C23H20N4O2S. The Morgan fingerprint density at radius 3 is 2.63 bits per heavy atom. The molecule has 0 bridgehead atoms. The van der Waals surface area contributed by atoms with Crippen LogP contribution in [0.25, 0.3) is 10.8 Å². The van der Waals surface area contributed by atoms with Crippen LogP contribution in [-0.4, -0.2) is 20.7 Å². The summed E-state index contributed by atoms with van der Waals surface area (Å²) in [7, 11) is 0. The average Bonchev–Trinajstić information content (AvgIpc) is 2.77. The number of hydrogen-bond acceptors (Lipinski definition) is 5. The molecule has 0 spiro atoms. The topological polar surface area (TPSA) is 76.9 Å². The number of carbonyl (C=O) groups is 1. The Bertz CT molecular complexity index is 1260. The maximum Gasteiger partial charge on any atom is 0.275 e. The highest BCUT2D eigenvalue weighted by Crippen LogP contribution is 2.22. The lowest BCUT2D eigenvalue weighted by Gasteiger charge is -2.10. The summed E-state index contributed by atoms with van der Waals surface area (Å²) in [4.78, 5) is 29.5. The Morgan fingerprint density at radius 2 is 1.83 bits per heavy atom. The molecule has 0 aliphatic carbocycles. The number of pyridine rings is 1. The van der Waals surface area contributed by atoms with Crippen LogP contribution >= 0.6 is 11.8 Å². The summed E-state index contributed by atoms with van der Waals surface area (Å²) in [6.45, 7) is 1.69. The molecule has 2 aromatic carbocycles. The number of anilines is 1. The molecule has 0 saturated carbocycles. The lowest BCUT2D eigenvalue weighted by molar-refractivity contribution is -0.117.